The molecule has 2 aromatic heterocycles. The van der Waals surface area contributed by atoms with Crippen molar-refractivity contribution in [2.45, 2.75) is 38.6 Å². The molecule has 4 aromatic rings. The molecule has 0 bridgehead atoms. The van der Waals surface area contributed by atoms with Crippen molar-refractivity contribution in [3.63, 3.8) is 0 Å². The standard InChI is InChI=1S/C30H35N9/c1-4-26(38-17-16-24(19-38)37(2)3)21-12-14-23(15-13-21)32-30-33-29(31)39(36-30)27-18-22-10-7-9-20-8-5-6-11-25(20)28(22)35-34-27/h4-6,8,11-15,18,24H,7,9-10,16-17,19H2,1-3H3,(H3,31,32,33,36)/b26-4+. The van der Waals surface area contributed by atoms with Gasteiger partial charge in [-0.05, 0) is 81.6 Å². The van der Waals surface area contributed by atoms with Gasteiger partial charge in [0.15, 0.2) is 5.82 Å². The minimum atomic E-state index is 0.262. The summed E-state index contributed by atoms with van der Waals surface area (Å²) in [6.07, 6.45) is 6.41. The number of allylic oxidation sites excluding steroid dienone is 1. The van der Waals surface area contributed by atoms with Gasteiger partial charge in [0.2, 0.25) is 11.9 Å². The highest BCUT2D eigenvalue weighted by atomic mass is 15.4. The molecule has 3 N–H and O–H groups in total. The normalized spacial score (nSPS) is 17.2. The van der Waals surface area contributed by atoms with Crippen LogP contribution in [0.4, 0.5) is 17.6 Å². The Hall–Kier alpha value is -4.24. The zero-order valence-corrected chi connectivity index (χ0v) is 22.8. The highest BCUT2D eigenvalue weighted by molar-refractivity contribution is 5.69. The van der Waals surface area contributed by atoms with Crippen LogP contribution in [0.2, 0.25) is 0 Å². The number of benzene rings is 2. The lowest BCUT2D eigenvalue weighted by atomic mass is 10.0. The SMILES string of the molecule is C/C=C(\c1ccc(Nc2nc(N)n(-c3cc4c(nn3)-c3ccccc3CCC4)n2)cc1)N1CCC(N(C)C)C1. The first kappa shape index (κ1) is 25.1. The molecule has 1 aliphatic heterocycles. The number of nitrogens with one attached hydrogen (secondary N) is 1. The van der Waals surface area contributed by atoms with Crippen LogP contribution in [0.3, 0.4) is 0 Å². The molecule has 0 spiro atoms. The van der Waals surface area contributed by atoms with Crippen molar-refractivity contribution in [3.05, 3.63) is 77.4 Å². The number of likely N-dealkylation sites (N-methyl/N-ethyl adjacent to an activating group) is 1. The number of fused-ring (bicyclic) bond motifs is 3. The second-order valence-corrected chi connectivity index (χ2v) is 10.5. The highest BCUT2D eigenvalue weighted by Crippen LogP contribution is 2.31. The largest absolute Gasteiger partial charge is 0.370 e. The number of nitrogens with two attached hydrogens (primary N) is 1. The van der Waals surface area contributed by atoms with E-state index < -0.39 is 0 Å². The summed E-state index contributed by atoms with van der Waals surface area (Å²) >= 11 is 0. The van der Waals surface area contributed by atoms with Gasteiger partial charge in [-0.15, -0.1) is 15.3 Å². The van der Waals surface area contributed by atoms with E-state index in [2.05, 4.69) is 111 Å². The van der Waals surface area contributed by atoms with Crippen molar-refractivity contribution in [2.75, 3.05) is 38.2 Å². The summed E-state index contributed by atoms with van der Waals surface area (Å²) in [6, 6.07) is 19.4. The van der Waals surface area contributed by atoms with E-state index in [1.165, 1.54) is 23.2 Å². The van der Waals surface area contributed by atoms with E-state index in [4.69, 9.17) is 5.73 Å². The Morgan fingerprint density at radius 1 is 1.05 bits per heavy atom. The predicted molar refractivity (Wildman–Crippen MR) is 156 cm³/mol. The van der Waals surface area contributed by atoms with E-state index in [1.807, 2.05) is 6.07 Å². The van der Waals surface area contributed by atoms with Crippen molar-refractivity contribution < 1.29 is 0 Å². The van der Waals surface area contributed by atoms with Crippen LogP contribution in [0.15, 0.2) is 60.7 Å². The van der Waals surface area contributed by atoms with Gasteiger partial charge in [0.1, 0.15) is 0 Å². The van der Waals surface area contributed by atoms with Crippen molar-refractivity contribution >= 4 is 23.3 Å². The fraction of sp³-hybridized carbons (Fsp3) is 0.333. The molecule has 0 saturated carbocycles. The van der Waals surface area contributed by atoms with Gasteiger partial charge in [0.25, 0.3) is 0 Å². The first-order valence-corrected chi connectivity index (χ1v) is 13.6. The van der Waals surface area contributed by atoms with Crippen molar-refractivity contribution in [1.29, 1.82) is 0 Å². The Kier molecular flexibility index (Phi) is 6.74. The first-order chi connectivity index (χ1) is 19.0. The second-order valence-electron chi connectivity index (χ2n) is 10.5. The lowest BCUT2D eigenvalue weighted by Gasteiger charge is -2.24. The van der Waals surface area contributed by atoms with Crippen molar-refractivity contribution in [1.82, 2.24) is 34.8 Å². The number of aryl methyl sites for hydroxylation is 2. The fourth-order valence-corrected chi connectivity index (χ4v) is 5.69. The summed E-state index contributed by atoms with van der Waals surface area (Å²) in [5.41, 5.74) is 14.2. The fourth-order valence-electron chi connectivity index (χ4n) is 5.69. The monoisotopic (exact) mass is 521 g/mol. The summed E-state index contributed by atoms with van der Waals surface area (Å²) in [6.45, 7) is 4.22. The van der Waals surface area contributed by atoms with Gasteiger partial charge in [-0.3, -0.25) is 0 Å². The molecule has 0 amide bonds. The van der Waals surface area contributed by atoms with Gasteiger partial charge >= 0.3 is 0 Å². The Balaban J connectivity index is 1.19. The smallest absolute Gasteiger partial charge is 0.248 e. The molecular formula is C30H35N9. The van der Waals surface area contributed by atoms with Gasteiger partial charge < -0.3 is 20.9 Å². The Labute approximate surface area is 229 Å². The molecule has 1 atom stereocenters. The molecule has 39 heavy (non-hydrogen) atoms. The van der Waals surface area contributed by atoms with E-state index >= 15 is 0 Å². The molecule has 0 radical (unpaired) electrons. The first-order valence-electron chi connectivity index (χ1n) is 13.6. The van der Waals surface area contributed by atoms with E-state index in [1.54, 1.807) is 4.68 Å². The molecule has 1 saturated heterocycles. The van der Waals surface area contributed by atoms with Crippen LogP contribution in [0.1, 0.15) is 36.5 Å². The molecule has 1 unspecified atom stereocenters. The van der Waals surface area contributed by atoms with Crippen LogP contribution in [0.25, 0.3) is 22.8 Å². The zero-order valence-electron chi connectivity index (χ0n) is 22.8. The topological polar surface area (TPSA) is 101 Å². The molecule has 1 fully saturated rings. The van der Waals surface area contributed by atoms with Gasteiger partial charge in [-0.25, -0.2) is 0 Å². The average Bonchev–Trinajstić information content (AvgIpc) is 3.52. The van der Waals surface area contributed by atoms with Crippen LogP contribution >= 0.6 is 0 Å². The average molecular weight is 522 g/mol. The predicted octanol–water partition coefficient (Wildman–Crippen LogP) is 4.54. The minimum absolute atomic E-state index is 0.262. The molecule has 1 aliphatic carbocycles. The molecule has 200 valence electrons. The van der Waals surface area contributed by atoms with Gasteiger partial charge in [-0.1, -0.05) is 42.5 Å². The van der Waals surface area contributed by atoms with Gasteiger partial charge in [-0.2, -0.15) is 9.67 Å². The maximum absolute atomic E-state index is 6.26. The maximum atomic E-state index is 6.26. The molecule has 3 heterocycles. The molecule has 9 nitrogen and oxygen atoms in total. The third-order valence-electron chi connectivity index (χ3n) is 7.82. The second kappa shape index (κ2) is 10.5. The van der Waals surface area contributed by atoms with E-state index in [-0.39, 0.29) is 5.95 Å². The molecule has 2 aliphatic rings. The number of nitrogens with zero attached hydrogens (tertiary/aromatic N) is 7. The van der Waals surface area contributed by atoms with Crippen LogP contribution in [-0.2, 0) is 12.8 Å². The Morgan fingerprint density at radius 2 is 1.85 bits per heavy atom. The Bertz CT molecular complexity index is 1500. The van der Waals surface area contributed by atoms with Crippen molar-refractivity contribution in [2.24, 2.45) is 0 Å². The highest BCUT2D eigenvalue weighted by Gasteiger charge is 2.25. The summed E-state index contributed by atoms with van der Waals surface area (Å²) in [5.74, 6) is 1.25. The third kappa shape index (κ3) is 4.97. The minimum Gasteiger partial charge on any atom is -0.370 e. The van der Waals surface area contributed by atoms with Crippen LogP contribution in [0.5, 0.6) is 0 Å². The maximum Gasteiger partial charge on any atom is 0.248 e. The molecular weight excluding hydrogens is 486 g/mol. The van der Waals surface area contributed by atoms with Gasteiger partial charge in [0.05, 0.1) is 5.69 Å². The molecule has 2 aromatic carbocycles. The number of nitrogen functional groups attached to an aromatic ring is 1. The van der Waals surface area contributed by atoms with E-state index in [0.29, 0.717) is 17.8 Å². The van der Waals surface area contributed by atoms with Crippen LogP contribution < -0.4 is 11.1 Å². The number of hydrogen-bond acceptors (Lipinski definition) is 8. The summed E-state index contributed by atoms with van der Waals surface area (Å²) in [5, 5.41) is 16.9. The molecule has 6 rings (SSSR count). The third-order valence-corrected chi connectivity index (χ3v) is 7.82. The summed E-state index contributed by atoms with van der Waals surface area (Å²) in [7, 11) is 4.31. The number of rotatable bonds is 6. The van der Waals surface area contributed by atoms with E-state index in [9.17, 15) is 0 Å². The lowest BCUT2D eigenvalue weighted by molar-refractivity contribution is 0.299. The number of aromatic nitrogens is 5. The van der Waals surface area contributed by atoms with Gasteiger partial charge in [0, 0.05) is 36.1 Å². The summed E-state index contributed by atoms with van der Waals surface area (Å²) in [4.78, 5) is 9.22. The van der Waals surface area contributed by atoms with E-state index in [0.717, 1.165) is 54.9 Å². The molecule has 9 heteroatoms. The van der Waals surface area contributed by atoms with Crippen LogP contribution in [-0.4, -0.2) is 68.0 Å². The van der Waals surface area contributed by atoms with Crippen LogP contribution in [0, 0.1) is 0 Å². The zero-order chi connectivity index (χ0) is 26.9. The number of anilines is 3. The quantitative estimate of drug-likeness (QED) is 0.382. The van der Waals surface area contributed by atoms with Crippen molar-refractivity contribution in [3.8, 4) is 17.1 Å². The summed E-state index contributed by atoms with van der Waals surface area (Å²) < 4.78 is 1.55. The number of hydrogen-bond donors (Lipinski definition) is 2. The number of likely N-dealkylation sites (tertiary alicyclic amines) is 1. The lowest BCUT2D eigenvalue weighted by Crippen LogP contribution is -2.31. The Morgan fingerprint density at radius 3 is 2.62 bits per heavy atom.